The van der Waals surface area contributed by atoms with Gasteiger partial charge in [-0.3, -0.25) is 0 Å². The molecule has 0 bridgehead atoms. The van der Waals surface area contributed by atoms with E-state index in [1.54, 1.807) is 6.92 Å². The average molecular weight is 479 g/mol. The van der Waals surface area contributed by atoms with E-state index in [2.05, 4.69) is 50.9 Å². The Bertz CT molecular complexity index is 1150. The predicted octanol–water partition coefficient (Wildman–Crippen LogP) is 2.69. The van der Waals surface area contributed by atoms with Gasteiger partial charge in [-0.25, -0.2) is 4.79 Å². The van der Waals surface area contributed by atoms with Gasteiger partial charge in [0, 0.05) is 37.5 Å². The second-order valence-corrected chi connectivity index (χ2v) is 10.4. The number of ether oxygens (including phenoxy) is 1. The van der Waals surface area contributed by atoms with Gasteiger partial charge in [-0.1, -0.05) is 12.1 Å². The lowest BCUT2D eigenvalue weighted by molar-refractivity contribution is -0.136. The molecule has 0 unspecified atom stereocenters. The molecule has 1 aromatic carbocycles. The first kappa shape index (κ1) is 23.7. The van der Waals surface area contributed by atoms with Crippen LogP contribution in [0.2, 0.25) is 0 Å². The van der Waals surface area contributed by atoms with Gasteiger partial charge in [0.15, 0.2) is 5.82 Å². The number of nitrogens with one attached hydrogen (secondary N) is 1. The Morgan fingerprint density at radius 2 is 2.11 bits per heavy atom. The van der Waals surface area contributed by atoms with Crippen LogP contribution < -0.4 is 5.32 Å². The number of fused-ring (bicyclic) bond motifs is 3. The van der Waals surface area contributed by atoms with E-state index >= 15 is 0 Å². The Balaban J connectivity index is 1.16. The minimum absolute atomic E-state index is 0.227. The lowest BCUT2D eigenvalue weighted by Crippen LogP contribution is -2.40. The van der Waals surface area contributed by atoms with Crippen molar-refractivity contribution in [3.05, 3.63) is 46.4 Å². The number of nitrogens with zero attached hydrogens (tertiary/aromatic N) is 5. The molecule has 1 aliphatic carbocycles. The summed E-state index contributed by atoms with van der Waals surface area (Å²) in [5.74, 6) is 0.678. The number of aromatic nitrogens is 4. The number of benzene rings is 1. The van der Waals surface area contributed by atoms with E-state index in [4.69, 9.17) is 4.74 Å². The highest BCUT2D eigenvalue weighted by atomic mass is 16.5. The molecule has 35 heavy (non-hydrogen) atoms. The molecule has 1 aromatic heterocycles. The fourth-order valence-corrected chi connectivity index (χ4v) is 5.70. The molecule has 3 heterocycles. The van der Waals surface area contributed by atoms with Crippen LogP contribution in [0, 0.1) is 5.41 Å². The molecular formula is C26H34N6O3. The monoisotopic (exact) mass is 478 g/mol. The summed E-state index contributed by atoms with van der Waals surface area (Å²) in [5.41, 5.74) is 4.94. The molecule has 9 heteroatoms. The summed E-state index contributed by atoms with van der Waals surface area (Å²) in [6.07, 6.45) is 7.51. The Kier molecular flexibility index (Phi) is 6.44. The fourth-order valence-electron chi connectivity index (χ4n) is 5.70. The second-order valence-electron chi connectivity index (χ2n) is 10.4. The van der Waals surface area contributed by atoms with Crippen LogP contribution in [0.1, 0.15) is 68.9 Å². The molecule has 2 aliphatic heterocycles. The van der Waals surface area contributed by atoms with E-state index in [0.29, 0.717) is 18.2 Å². The number of likely N-dealkylation sites (N-methyl/N-ethyl adjacent to an activating group) is 1. The molecular weight excluding hydrogens is 444 g/mol. The number of carbonyl (C=O) groups excluding carboxylic acids is 2. The third-order valence-corrected chi connectivity index (χ3v) is 8.19. The highest BCUT2D eigenvalue weighted by Crippen LogP contribution is 2.39. The number of cyclic esters (lactones) is 1. The van der Waals surface area contributed by atoms with Crippen molar-refractivity contribution in [1.29, 1.82) is 0 Å². The van der Waals surface area contributed by atoms with Crippen molar-refractivity contribution in [2.75, 3.05) is 20.2 Å². The lowest BCUT2D eigenvalue weighted by Gasteiger charge is -2.38. The zero-order valence-electron chi connectivity index (χ0n) is 20.8. The van der Waals surface area contributed by atoms with E-state index in [-0.39, 0.29) is 17.4 Å². The summed E-state index contributed by atoms with van der Waals surface area (Å²) in [5, 5.41) is 15.8. The largest absolute Gasteiger partial charge is 0.456 e. The molecule has 1 N–H and O–H groups in total. The fraction of sp³-hybridized carbons (Fsp3) is 0.577. The summed E-state index contributed by atoms with van der Waals surface area (Å²) in [6, 6.07) is 7.18. The first-order chi connectivity index (χ1) is 16.9. The van der Waals surface area contributed by atoms with Crippen molar-refractivity contribution in [2.45, 2.75) is 70.9 Å². The highest BCUT2D eigenvalue weighted by molar-refractivity contribution is 5.90. The molecule has 5 rings (SSSR count). The second kappa shape index (κ2) is 9.53. The Morgan fingerprint density at radius 3 is 2.83 bits per heavy atom. The molecule has 9 nitrogen and oxygen atoms in total. The van der Waals surface area contributed by atoms with Gasteiger partial charge >= 0.3 is 5.97 Å². The first-order valence-corrected chi connectivity index (χ1v) is 12.6. The normalized spacial score (nSPS) is 24.5. The standard InChI is InChI=1S/C26H34N6O3/c1-17-23(15-35-25(17)34)31(3)13-12-26(16-33)10-8-21(9-11-26)27-18(2)19-4-6-22-20(14-19)5-7-24-28-29-30-32(22)24/h4,6,14,16,18,21,27H,5,7-13,15H2,1-3H3/t18-,21?,26?/m1/s1. The molecule has 1 fully saturated rings. The van der Waals surface area contributed by atoms with E-state index in [9.17, 15) is 9.59 Å². The van der Waals surface area contributed by atoms with Gasteiger partial charge in [-0.05, 0) is 80.0 Å². The van der Waals surface area contributed by atoms with Crippen LogP contribution in [-0.4, -0.2) is 63.6 Å². The predicted molar refractivity (Wildman–Crippen MR) is 130 cm³/mol. The zero-order chi connectivity index (χ0) is 24.6. The highest BCUT2D eigenvalue weighted by Gasteiger charge is 2.36. The van der Waals surface area contributed by atoms with Gasteiger partial charge in [0.2, 0.25) is 0 Å². The van der Waals surface area contributed by atoms with E-state index in [0.717, 1.165) is 68.7 Å². The van der Waals surface area contributed by atoms with Crippen molar-refractivity contribution in [3.63, 3.8) is 0 Å². The average Bonchev–Trinajstić information content (AvgIpc) is 3.50. The first-order valence-electron chi connectivity index (χ1n) is 12.6. The van der Waals surface area contributed by atoms with E-state index in [1.165, 1.54) is 17.4 Å². The topological polar surface area (TPSA) is 102 Å². The van der Waals surface area contributed by atoms with Gasteiger partial charge in [0.05, 0.1) is 17.0 Å². The van der Waals surface area contributed by atoms with Gasteiger partial charge in [0.25, 0.3) is 0 Å². The van der Waals surface area contributed by atoms with Crippen molar-refractivity contribution in [3.8, 4) is 5.69 Å². The molecule has 1 saturated carbocycles. The summed E-state index contributed by atoms with van der Waals surface area (Å²) in [7, 11) is 1.98. The number of rotatable bonds is 8. The van der Waals surface area contributed by atoms with Crippen molar-refractivity contribution < 1.29 is 14.3 Å². The van der Waals surface area contributed by atoms with Crippen LogP contribution >= 0.6 is 0 Å². The molecule has 0 saturated heterocycles. The summed E-state index contributed by atoms with van der Waals surface area (Å²) < 4.78 is 6.97. The minimum atomic E-state index is -0.289. The molecule has 186 valence electrons. The minimum Gasteiger partial charge on any atom is -0.456 e. The quantitative estimate of drug-likeness (QED) is 0.456. The van der Waals surface area contributed by atoms with Gasteiger partial charge in [-0.15, -0.1) is 5.10 Å². The van der Waals surface area contributed by atoms with Gasteiger partial charge in [0.1, 0.15) is 12.9 Å². The van der Waals surface area contributed by atoms with Crippen molar-refractivity contribution in [1.82, 2.24) is 30.4 Å². The number of aryl methyl sites for hydroxylation is 2. The van der Waals surface area contributed by atoms with Crippen LogP contribution in [0.4, 0.5) is 0 Å². The van der Waals surface area contributed by atoms with Gasteiger partial charge in [-0.2, -0.15) is 4.68 Å². The van der Waals surface area contributed by atoms with Crippen molar-refractivity contribution in [2.24, 2.45) is 5.41 Å². The Hall–Kier alpha value is -3.07. The lowest BCUT2D eigenvalue weighted by atomic mass is 9.71. The molecule has 0 spiro atoms. The molecule has 0 radical (unpaired) electrons. The summed E-state index contributed by atoms with van der Waals surface area (Å²) >= 11 is 0. The molecule has 0 amide bonds. The summed E-state index contributed by atoms with van der Waals surface area (Å²) in [6.45, 7) is 5.10. The van der Waals surface area contributed by atoms with Crippen molar-refractivity contribution >= 4 is 12.3 Å². The maximum absolute atomic E-state index is 12.1. The zero-order valence-corrected chi connectivity index (χ0v) is 20.8. The Morgan fingerprint density at radius 1 is 1.31 bits per heavy atom. The van der Waals surface area contributed by atoms with E-state index < -0.39 is 0 Å². The third kappa shape index (κ3) is 4.61. The van der Waals surface area contributed by atoms with Crippen LogP contribution in [0.5, 0.6) is 0 Å². The third-order valence-electron chi connectivity index (χ3n) is 8.19. The van der Waals surface area contributed by atoms with Crippen LogP contribution in [0.25, 0.3) is 5.69 Å². The number of esters is 1. The molecule has 1 atom stereocenters. The maximum atomic E-state index is 12.1. The number of carbonyl (C=O) groups is 2. The van der Waals surface area contributed by atoms with E-state index in [1.807, 2.05) is 11.7 Å². The number of tetrazole rings is 1. The maximum Gasteiger partial charge on any atom is 0.335 e. The number of aldehydes is 1. The van der Waals surface area contributed by atoms with Crippen LogP contribution in [0.3, 0.4) is 0 Å². The van der Waals surface area contributed by atoms with Gasteiger partial charge < -0.3 is 19.7 Å². The molecule has 2 aromatic rings. The smallest absolute Gasteiger partial charge is 0.335 e. The van der Waals surface area contributed by atoms with Crippen LogP contribution in [0.15, 0.2) is 29.5 Å². The number of hydrogen-bond acceptors (Lipinski definition) is 8. The Labute approximate surface area is 205 Å². The van der Waals surface area contributed by atoms with Crippen LogP contribution in [-0.2, 0) is 27.2 Å². The number of hydrogen-bond donors (Lipinski definition) is 1. The molecule has 3 aliphatic rings. The summed E-state index contributed by atoms with van der Waals surface area (Å²) in [4.78, 5) is 25.9. The SMILES string of the molecule is CC1=C(N(C)CCC2(C=O)CCC(N[C@H](C)c3ccc4c(c3)CCc3nnnn3-4)CC2)COC1=O.